The highest BCUT2D eigenvalue weighted by molar-refractivity contribution is 9.09. The lowest BCUT2D eigenvalue weighted by molar-refractivity contribution is -0.432. The Morgan fingerprint density at radius 1 is 0.343 bits per heavy atom. The summed E-state index contributed by atoms with van der Waals surface area (Å²) in [5.74, 6) is -8.55. The van der Waals surface area contributed by atoms with Crippen molar-refractivity contribution in [3.63, 3.8) is 0 Å². The van der Waals surface area contributed by atoms with Crippen molar-refractivity contribution in [1.82, 2.24) is 0 Å². The summed E-state index contributed by atoms with van der Waals surface area (Å²) in [5.41, 5.74) is 4.63. The lowest BCUT2D eigenvalue weighted by Crippen LogP contribution is -2.29. The molecule has 9 aromatic rings. The summed E-state index contributed by atoms with van der Waals surface area (Å²) in [6, 6.07) is 42.0. The van der Waals surface area contributed by atoms with Crippen LogP contribution in [-0.2, 0) is 44.1 Å². The summed E-state index contributed by atoms with van der Waals surface area (Å²) in [6.07, 6.45) is -2.29. The first-order valence-electron chi connectivity index (χ1n) is 34.5. The molecule has 0 spiro atoms. The second kappa shape index (κ2) is 35.7. The maximum atomic E-state index is 14.9. The van der Waals surface area contributed by atoms with E-state index < -0.39 is 93.1 Å². The molecule has 0 N–H and O–H groups in total. The summed E-state index contributed by atoms with van der Waals surface area (Å²) < 4.78 is 243. The Balaban J connectivity index is 0.000000170. The van der Waals surface area contributed by atoms with Crippen molar-refractivity contribution in [2.45, 2.75) is 122 Å². The molecule has 0 aromatic heterocycles. The average Bonchev–Trinajstić information content (AvgIpc) is 0.799. The van der Waals surface area contributed by atoms with Crippen molar-refractivity contribution in [1.29, 1.82) is 0 Å². The number of aryl methyl sites for hydroxylation is 1. The van der Waals surface area contributed by atoms with Crippen molar-refractivity contribution in [3.8, 4) is 66.8 Å². The quantitative estimate of drug-likeness (QED) is 0.0525. The highest BCUT2D eigenvalue weighted by atomic mass is 79.9. The Kier molecular flexibility index (Phi) is 27.1. The molecule has 23 heteroatoms. The van der Waals surface area contributed by atoms with Crippen LogP contribution in [0.3, 0.4) is 0 Å². The molecule has 7 nitrogen and oxygen atoms in total. The van der Waals surface area contributed by atoms with Gasteiger partial charge in [0.25, 0.3) is 0 Å². The Bertz CT molecular complexity index is 4290. The first-order valence-corrected chi connectivity index (χ1v) is 35.3. The molecule has 558 valence electrons. The van der Waals surface area contributed by atoms with Crippen LogP contribution < -0.4 is 0 Å². The van der Waals surface area contributed by atoms with Gasteiger partial charge in [-0.3, -0.25) is 0 Å². The molecule has 0 unspecified atom stereocenters. The molecule has 0 saturated carbocycles. The van der Waals surface area contributed by atoms with Gasteiger partial charge in [-0.25, -0.2) is 39.9 Å². The Labute approximate surface area is 607 Å². The van der Waals surface area contributed by atoms with Crippen LogP contribution in [-0.4, -0.2) is 46.0 Å². The molecular weight excluding hydrogens is 1460 g/mol. The van der Waals surface area contributed by atoms with Gasteiger partial charge in [-0.1, -0.05) is 175 Å². The molecule has 3 saturated heterocycles. The zero-order valence-corrected chi connectivity index (χ0v) is 59.2. The van der Waals surface area contributed by atoms with Crippen LogP contribution in [0.25, 0.3) is 66.8 Å². The standard InChI is InChI=1S/C28H24F8O3.C27H24BrF5O2.C27H28F2O2/c1-2-3-4-16-14-37-26(38-15-16)18-7-5-17(6-8-18)19-9-10-21(22(29)11-19)20-12-23(30)25(24(31)13-20)27(32,33)39-28(34,35)36;1-2-3-4-16-14-34-26(35-15-16)18-7-5-17(6-8-18)19-9-10-21(22(29)11-19)20-12-23(30)25(24(31)13-20)27(28,32)33;1-3-4-5-19-16-30-27(31-17-19)21-8-6-20(7-9-21)22-10-11-26(18(2)12-22)23-13-24(28)15-25(29)14-23/h5-13,16,26H,2-4,14-15H2,1H3;5-13,16,26H,2-4,14-15H2,1H3;6-15,19,27H,3-5,16-17H2,1-2H3. The number of alkyl halides is 8. The zero-order valence-electron chi connectivity index (χ0n) is 57.6. The monoisotopic (exact) mass is 1540 g/mol. The van der Waals surface area contributed by atoms with E-state index in [0.29, 0.717) is 90.7 Å². The summed E-state index contributed by atoms with van der Waals surface area (Å²) in [6.45, 7) is 12.4. The molecule has 3 aliphatic rings. The van der Waals surface area contributed by atoms with Gasteiger partial charge in [-0.2, -0.15) is 17.6 Å². The number of benzene rings is 9. The van der Waals surface area contributed by atoms with Gasteiger partial charge >= 0.3 is 17.3 Å². The van der Waals surface area contributed by atoms with Crippen LogP contribution in [0, 0.1) is 71.2 Å². The van der Waals surface area contributed by atoms with Gasteiger partial charge in [0.15, 0.2) is 18.9 Å². The minimum Gasteiger partial charge on any atom is -0.348 e. The maximum absolute atomic E-state index is 14.9. The van der Waals surface area contributed by atoms with Gasteiger partial charge in [-0.05, 0) is 152 Å². The van der Waals surface area contributed by atoms with Crippen molar-refractivity contribution in [3.05, 3.63) is 250 Å². The first kappa shape index (κ1) is 79.7. The third kappa shape index (κ3) is 21.1. The summed E-state index contributed by atoms with van der Waals surface area (Å²) in [4.78, 5) is -3.88. The second-order valence-electron chi connectivity index (χ2n) is 26.2. The van der Waals surface area contributed by atoms with Crippen LogP contribution in [0.2, 0.25) is 0 Å². The number of hydrogen-bond donors (Lipinski definition) is 0. The second-order valence-corrected chi connectivity index (χ2v) is 27.2. The Morgan fingerprint density at radius 3 is 0.924 bits per heavy atom. The van der Waals surface area contributed by atoms with E-state index in [1.54, 1.807) is 30.3 Å². The van der Waals surface area contributed by atoms with E-state index in [1.165, 1.54) is 49.2 Å². The minimum atomic E-state index is -5.85. The smallest absolute Gasteiger partial charge is 0.348 e. The molecule has 0 amide bonds. The zero-order chi connectivity index (χ0) is 75.3. The minimum absolute atomic E-state index is 0.103. The van der Waals surface area contributed by atoms with E-state index in [2.05, 4.69) is 37.6 Å². The molecule has 9 aromatic carbocycles. The van der Waals surface area contributed by atoms with E-state index in [-0.39, 0.29) is 23.0 Å². The van der Waals surface area contributed by atoms with Gasteiger partial charge in [-0.15, -0.1) is 13.2 Å². The molecule has 0 atom stereocenters. The van der Waals surface area contributed by atoms with Crippen molar-refractivity contribution < 1.29 is 99.0 Å². The molecule has 3 aliphatic heterocycles. The molecule has 3 heterocycles. The normalized spacial score (nSPS) is 18.6. The summed E-state index contributed by atoms with van der Waals surface area (Å²) in [5, 5.41) is 0. The van der Waals surface area contributed by atoms with E-state index in [0.717, 1.165) is 115 Å². The lowest BCUT2D eigenvalue weighted by atomic mass is 9.95. The van der Waals surface area contributed by atoms with Crippen molar-refractivity contribution in [2.75, 3.05) is 39.6 Å². The molecule has 0 bridgehead atoms. The Morgan fingerprint density at radius 2 is 0.629 bits per heavy atom. The number of rotatable bonds is 21. The Hall–Kier alpha value is -7.87. The maximum Gasteiger partial charge on any atom is 0.527 e. The van der Waals surface area contributed by atoms with Crippen LogP contribution >= 0.6 is 15.9 Å². The SMILES string of the molecule is CCCCC1COC(c2ccc(-c3ccc(-c4cc(F)c(C(F)(F)Br)c(F)c4)c(F)c3)cc2)OC1.CCCCC1COC(c2ccc(-c3ccc(-c4cc(F)c(C(F)(F)OC(F)(F)F)c(F)c4)c(F)c3)cc2)OC1.CCCCC1COC(c2ccc(-c3ccc(-c4cc(F)cc(F)c4)c(C)c3)cc2)OC1. The number of halogens is 16. The molecule has 0 aliphatic carbocycles. The van der Waals surface area contributed by atoms with Crippen LogP contribution in [0.5, 0.6) is 0 Å². The first-order chi connectivity index (χ1) is 50.1. The molecular formula is C82H76BrF15O7. The fourth-order valence-electron chi connectivity index (χ4n) is 12.6. The fraction of sp³-hybridized carbons (Fsp3) is 0.341. The number of hydrogen-bond acceptors (Lipinski definition) is 7. The van der Waals surface area contributed by atoms with E-state index in [1.807, 2.05) is 77.5 Å². The third-order valence-electron chi connectivity index (χ3n) is 18.2. The molecule has 0 radical (unpaired) electrons. The van der Waals surface area contributed by atoms with Gasteiger partial charge in [0.2, 0.25) is 0 Å². The van der Waals surface area contributed by atoms with Gasteiger partial charge in [0.1, 0.15) is 57.7 Å². The summed E-state index contributed by atoms with van der Waals surface area (Å²) >= 11 is 1.96. The predicted molar refractivity (Wildman–Crippen MR) is 373 cm³/mol. The third-order valence-corrected chi connectivity index (χ3v) is 18.6. The lowest BCUT2D eigenvalue weighted by Gasteiger charge is -2.29. The largest absolute Gasteiger partial charge is 0.527 e. The van der Waals surface area contributed by atoms with Crippen molar-refractivity contribution >= 4 is 15.9 Å². The van der Waals surface area contributed by atoms with E-state index in [4.69, 9.17) is 28.4 Å². The fourth-order valence-corrected chi connectivity index (χ4v) is 13.0. The van der Waals surface area contributed by atoms with Crippen LogP contribution in [0.15, 0.2) is 170 Å². The highest BCUT2D eigenvalue weighted by Gasteiger charge is 2.50. The predicted octanol–water partition coefficient (Wildman–Crippen LogP) is 25.1. The molecule has 105 heavy (non-hydrogen) atoms. The topological polar surface area (TPSA) is 64.6 Å². The number of ether oxygens (including phenoxy) is 7. The van der Waals surface area contributed by atoms with Gasteiger partial charge < -0.3 is 28.4 Å². The average molecular weight is 1540 g/mol. The van der Waals surface area contributed by atoms with Crippen LogP contribution in [0.4, 0.5) is 65.9 Å². The molecule has 3 fully saturated rings. The summed E-state index contributed by atoms with van der Waals surface area (Å²) in [7, 11) is 0. The number of unbranched alkanes of at least 4 members (excludes halogenated alkanes) is 3. The highest BCUT2D eigenvalue weighted by Crippen LogP contribution is 2.44. The van der Waals surface area contributed by atoms with Crippen LogP contribution in [0.1, 0.15) is 131 Å². The van der Waals surface area contributed by atoms with Gasteiger partial charge in [0.05, 0.1) is 39.6 Å². The molecule has 12 rings (SSSR count). The van der Waals surface area contributed by atoms with Gasteiger partial charge in [0, 0.05) is 51.6 Å². The van der Waals surface area contributed by atoms with E-state index >= 15 is 0 Å². The van der Waals surface area contributed by atoms with Crippen molar-refractivity contribution in [2.24, 2.45) is 17.8 Å². The van der Waals surface area contributed by atoms with E-state index in [9.17, 15) is 65.9 Å².